The minimum atomic E-state index is -0.732. The fourth-order valence-electron chi connectivity index (χ4n) is 2.05. The van der Waals surface area contributed by atoms with Crippen LogP contribution < -0.4 is 14.8 Å². The minimum absolute atomic E-state index is 0.0324. The van der Waals surface area contributed by atoms with E-state index < -0.39 is 18.5 Å². The Kier molecular flexibility index (Phi) is 7.23. The summed E-state index contributed by atoms with van der Waals surface area (Å²) in [4.78, 5) is 27.7. The van der Waals surface area contributed by atoms with Gasteiger partial charge in [-0.25, -0.2) is 9.78 Å². The van der Waals surface area contributed by atoms with Gasteiger partial charge in [-0.3, -0.25) is 4.79 Å². The van der Waals surface area contributed by atoms with Gasteiger partial charge in [0.2, 0.25) is 0 Å². The molecule has 0 aliphatic carbocycles. The number of anilines is 1. The molecule has 7 nitrogen and oxygen atoms in total. The lowest BCUT2D eigenvalue weighted by molar-refractivity contribution is -0.119. The molecule has 2 rings (SSSR count). The molecule has 2 aromatic rings. The van der Waals surface area contributed by atoms with Crippen LogP contribution in [0.25, 0.3) is 0 Å². The second kappa shape index (κ2) is 9.62. The van der Waals surface area contributed by atoms with E-state index in [-0.39, 0.29) is 5.69 Å². The molecule has 0 unspecified atom stereocenters. The number of hydrogen-bond acceptors (Lipinski definition) is 6. The molecule has 0 atom stereocenters. The van der Waals surface area contributed by atoms with E-state index in [0.29, 0.717) is 35.4 Å². The molecule has 8 heteroatoms. The molecule has 0 spiro atoms. The first kappa shape index (κ1) is 19.5. The van der Waals surface area contributed by atoms with E-state index in [2.05, 4.69) is 10.3 Å². The lowest BCUT2D eigenvalue weighted by Crippen LogP contribution is -2.21. The van der Waals surface area contributed by atoms with Crippen LogP contribution in [0.4, 0.5) is 5.69 Å². The van der Waals surface area contributed by atoms with Crippen molar-refractivity contribution in [2.24, 2.45) is 0 Å². The van der Waals surface area contributed by atoms with Crippen LogP contribution in [0.1, 0.15) is 24.3 Å². The van der Waals surface area contributed by atoms with Gasteiger partial charge in [0.15, 0.2) is 18.1 Å². The van der Waals surface area contributed by atoms with Gasteiger partial charge in [-0.05, 0) is 38.1 Å². The number of ether oxygens (including phenoxy) is 3. The Morgan fingerprint density at radius 3 is 2.50 bits per heavy atom. The Labute approximate surface area is 156 Å². The predicted molar refractivity (Wildman–Crippen MR) is 96.9 cm³/mol. The van der Waals surface area contributed by atoms with E-state index in [0.717, 1.165) is 0 Å². The van der Waals surface area contributed by atoms with Crippen molar-refractivity contribution < 1.29 is 23.8 Å². The van der Waals surface area contributed by atoms with Gasteiger partial charge in [0.1, 0.15) is 5.69 Å². The number of amides is 1. The number of nitrogens with one attached hydrogen (secondary N) is 1. The third kappa shape index (κ3) is 5.63. The van der Waals surface area contributed by atoms with Crippen molar-refractivity contribution in [3.05, 3.63) is 47.2 Å². The van der Waals surface area contributed by atoms with E-state index in [1.807, 2.05) is 13.8 Å². The van der Waals surface area contributed by atoms with Gasteiger partial charge in [-0.2, -0.15) is 0 Å². The van der Waals surface area contributed by atoms with Crippen LogP contribution in [0.3, 0.4) is 0 Å². The minimum Gasteiger partial charge on any atom is -0.490 e. The van der Waals surface area contributed by atoms with Crippen molar-refractivity contribution in [3.8, 4) is 11.5 Å². The van der Waals surface area contributed by atoms with Crippen molar-refractivity contribution in [2.45, 2.75) is 13.8 Å². The number of esters is 1. The Bertz CT molecular complexity index is 782. The highest BCUT2D eigenvalue weighted by Crippen LogP contribution is 2.30. The highest BCUT2D eigenvalue weighted by molar-refractivity contribution is 6.30. The molecule has 1 aromatic heterocycles. The molecule has 1 amide bonds. The number of hydrogen-bond donors (Lipinski definition) is 1. The molecule has 1 N–H and O–H groups in total. The maximum atomic E-state index is 12.0. The van der Waals surface area contributed by atoms with Crippen molar-refractivity contribution in [2.75, 3.05) is 25.1 Å². The number of benzene rings is 1. The average Bonchev–Trinajstić information content (AvgIpc) is 2.62. The summed E-state index contributed by atoms with van der Waals surface area (Å²) >= 11 is 5.79. The highest BCUT2D eigenvalue weighted by Gasteiger charge is 2.13. The van der Waals surface area contributed by atoms with Gasteiger partial charge < -0.3 is 19.5 Å². The Hall–Kier alpha value is -2.80. The van der Waals surface area contributed by atoms with E-state index in [4.69, 9.17) is 25.8 Å². The molecular formula is C18H19ClN2O5. The van der Waals surface area contributed by atoms with Crippen molar-refractivity contribution >= 4 is 29.2 Å². The van der Waals surface area contributed by atoms with E-state index >= 15 is 0 Å². The predicted octanol–water partition coefficient (Wildman–Crippen LogP) is 3.33. The monoisotopic (exact) mass is 378 g/mol. The van der Waals surface area contributed by atoms with Crippen LogP contribution in [0.15, 0.2) is 36.5 Å². The SMILES string of the molecule is CCOc1ccc(NC(=O)COC(=O)c2cc(Cl)ccn2)cc1OCC. The molecular weight excluding hydrogens is 360 g/mol. The molecule has 0 saturated carbocycles. The largest absolute Gasteiger partial charge is 0.490 e. The van der Waals surface area contributed by atoms with Crippen molar-refractivity contribution in [1.29, 1.82) is 0 Å². The van der Waals surface area contributed by atoms with Crippen LogP contribution in [0, 0.1) is 0 Å². The molecule has 1 heterocycles. The zero-order chi connectivity index (χ0) is 18.9. The number of carbonyl (C=O) groups excluding carboxylic acids is 2. The number of carbonyl (C=O) groups is 2. The Morgan fingerprint density at radius 2 is 1.81 bits per heavy atom. The Balaban J connectivity index is 1.94. The fourth-order valence-corrected chi connectivity index (χ4v) is 2.21. The zero-order valence-corrected chi connectivity index (χ0v) is 15.2. The van der Waals surface area contributed by atoms with Gasteiger partial charge in [-0.1, -0.05) is 11.6 Å². The molecule has 0 bridgehead atoms. The normalized spacial score (nSPS) is 10.1. The van der Waals surface area contributed by atoms with Crippen LogP contribution in [-0.4, -0.2) is 36.7 Å². The van der Waals surface area contributed by atoms with Crippen LogP contribution in [0.5, 0.6) is 11.5 Å². The summed E-state index contributed by atoms with van der Waals surface area (Å²) in [5.41, 5.74) is 0.531. The molecule has 0 saturated heterocycles. The zero-order valence-electron chi connectivity index (χ0n) is 14.5. The second-order valence-corrected chi connectivity index (χ2v) is 5.45. The number of aromatic nitrogens is 1. The number of pyridine rings is 1. The lowest BCUT2D eigenvalue weighted by Gasteiger charge is -2.13. The van der Waals surface area contributed by atoms with Gasteiger partial charge in [-0.15, -0.1) is 0 Å². The van der Waals surface area contributed by atoms with Crippen LogP contribution in [0.2, 0.25) is 5.02 Å². The highest BCUT2D eigenvalue weighted by atomic mass is 35.5. The van der Waals surface area contributed by atoms with Crippen molar-refractivity contribution in [3.63, 3.8) is 0 Å². The lowest BCUT2D eigenvalue weighted by atomic mass is 10.2. The van der Waals surface area contributed by atoms with Gasteiger partial charge in [0.05, 0.1) is 13.2 Å². The smallest absolute Gasteiger partial charge is 0.357 e. The summed E-state index contributed by atoms with van der Waals surface area (Å²) in [6.45, 7) is 4.23. The summed E-state index contributed by atoms with van der Waals surface area (Å²) < 4.78 is 15.9. The van der Waals surface area contributed by atoms with Crippen molar-refractivity contribution in [1.82, 2.24) is 4.98 Å². The van der Waals surface area contributed by atoms with E-state index in [9.17, 15) is 9.59 Å². The van der Waals surface area contributed by atoms with Gasteiger partial charge in [0, 0.05) is 23.0 Å². The fraction of sp³-hybridized carbons (Fsp3) is 0.278. The van der Waals surface area contributed by atoms with Crippen LogP contribution >= 0.6 is 11.6 Å². The molecule has 0 fully saturated rings. The summed E-state index contributed by atoms with van der Waals surface area (Å²) in [6, 6.07) is 7.92. The topological polar surface area (TPSA) is 86.8 Å². The number of halogens is 1. The molecule has 138 valence electrons. The summed E-state index contributed by atoms with van der Waals surface area (Å²) in [5, 5.41) is 2.99. The van der Waals surface area contributed by atoms with E-state index in [1.165, 1.54) is 18.3 Å². The third-order valence-corrected chi connectivity index (χ3v) is 3.33. The maximum Gasteiger partial charge on any atom is 0.357 e. The van der Waals surface area contributed by atoms with Crippen LogP contribution in [-0.2, 0) is 9.53 Å². The molecule has 0 aliphatic rings. The molecule has 1 aromatic carbocycles. The standard InChI is InChI=1S/C18H19ClN2O5/c1-3-24-15-6-5-13(10-16(15)25-4-2)21-17(22)11-26-18(23)14-9-12(19)7-8-20-14/h5-10H,3-4,11H2,1-2H3,(H,21,22). The maximum absolute atomic E-state index is 12.0. The van der Waals surface area contributed by atoms with Gasteiger partial charge >= 0.3 is 5.97 Å². The Morgan fingerprint density at radius 1 is 1.08 bits per heavy atom. The first-order chi connectivity index (χ1) is 12.5. The first-order valence-electron chi connectivity index (χ1n) is 8.01. The summed E-state index contributed by atoms with van der Waals surface area (Å²) in [5.74, 6) is -0.116. The third-order valence-electron chi connectivity index (χ3n) is 3.09. The second-order valence-electron chi connectivity index (χ2n) is 5.01. The number of nitrogens with zero attached hydrogens (tertiary/aromatic N) is 1. The quantitative estimate of drug-likeness (QED) is 0.709. The molecule has 26 heavy (non-hydrogen) atoms. The van der Waals surface area contributed by atoms with Gasteiger partial charge in [0.25, 0.3) is 5.91 Å². The average molecular weight is 379 g/mol. The molecule has 0 aliphatic heterocycles. The summed E-state index contributed by atoms with van der Waals surface area (Å²) in [7, 11) is 0. The summed E-state index contributed by atoms with van der Waals surface area (Å²) in [6.07, 6.45) is 1.38. The number of rotatable bonds is 8. The van der Waals surface area contributed by atoms with E-state index in [1.54, 1.807) is 18.2 Å². The molecule has 0 radical (unpaired) electrons. The first-order valence-corrected chi connectivity index (χ1v) is 8.39.